The summed E-state index contributed by atoms with van der Waals surface area (Å²) >= 11 is 1.51. The first-order valence-electron chi connectivity index (χ1n) is 6.98. The lowest BCUT2D eigenvalue weighted by Crippen LogP contribution is -2.21. The summed E-state index contributed by atoms with van der Waals surface area (Å²) in [7, 11) is 1.45. The molecule has 24 heavy (non-hydrogen) atoms. The topological polar surface area (TPSA) is 64.6 Å². The summed E-state index contributed by atoms with van der Waals surface area (Å²) < 4.78 is 23.2. The van der Waals surface area contributed by atoms with Crippen molar-refractivity contribution in [3.63, 3.8) is 0 Å². The number of benzene rings is 2. The fourth-order valence-corrected chi connectivity index (χ4v) is 2.37. The molecule has 0 aromatic heterocycles. The third-order valence-corrected chi connectivity index (χ3v) is 3.80. The van der Waals surface area contributed by atoms with Crippen LogP contribution in [-0.4, -0.2) is 31.8 Å². The quantitative estimate of drug-likeness (QED) is 0.640. The van der Waals surface area contributed by atoms with E-state index in [1.54, 1.807) is 18.2 Å². The zero-order chi connectivity index (χ0) is 17.5. The Labute approximate surface area is 143 Å². The number of rotatable bonds is 6. The molecule has 0 aliphatic heterocycles. The zero-order valence-electron chi connectivity index (χ0n) is 13.2. The Balaban J connectivity index is 1.96. The summed E-state index contributed by atoms with van der Waals surface area (Å²) in [6, 6.07) is 10.5. The van der Waals surface area contributed by atoms with Crippen LogP contribution in [0.25, 0.3) is 0 Å². The lowest BCUT2D eigenvalue weighted by Gasteiger charge is -2.10. The summed E-state index contributed by atoms with van der Waals surface area (Å²) in [6.07, 6.45) is 1.91. The average molecular weight is 349 g/mol. The van der Waals surface area contributed by atoms with Crippen LogP contribution in [0.1, 0.15) is 10.4 Å². The predicted molar refractivity (Wildman–Crippen MR) is 90.1 cm³/mol. The van der Waals surface area contributed by atoms with Gasteiger partial charge in [-0.3, -0.25) is 4.79 Å². The van der Waals surface area contributed by atoms with Gasteiger partial charge in [0.15, 0.2) is 6.61 Å². The summed E-state index contributed by atoms with van der Waals surface area (Å²) in [4.78, 5) is 24.8. The first-order valence-corrected chi connectivity index (χ1v) is 8.20. The normalized spacial score (nSPS) is 10.1. The van der Waals surface area contributed by atoms with E-state index in [0.29, 0.717) is 5.75 Å². The highest BCUT2D eigenvalue weighted by Gasteiger charge is 2.16. The fraction of sp³-hybridized carbons (Fsp3) is 0.176. The number of nitrogens with one attached hydrogen (secondary N) is 1. The first kappa shape index (κ1) is 17.8. The van der Waals surface area contributed by atoms with E-state index in [0.717, 1.165) is 4.90 Å². The molecule has 2 aromatic carbocycles. The van der Waals surface area contributed by atoms with Crippen LogP contribution in [0.3, 0.4) is 0 Å². The maximum Gasteiger partial charge on any atom is 0.342 e. The van der Waals surface area contributed by atoms with Crippen LogP contribution in [0.5, 0.6) is 5.75 Å². The third-order valence-electron chi connectivity index (χ3n) is 3.07. The number of thioether (sulfide) groups is 1. The van der Waals surface area contributed by atoms with Crippen molar-refractivity contribution in [1.82, 2.24) is 0 Å². The third kappa shape index (κ3) is 4.73. The minimum Gasteiger partial charge on any atom is -0.496 e. The van der Waals surface area contributed by atoms with E-state index in [9.17, 15) is 14.0 Å². The lowest BCUT2D eigenvalue weighted by atomic mass is 10.2. The molecular formula is C17H16FNO4S. The Morgan fingerprint density at radius 3 is 2.67 bits per heavy atom. The maximum atomic E-state index is 13.0. The maximum absolute atomic E-state index is 13.0. The van der Waals surface area contributed by atoms with Gasteiger partial charge in [0.2, 0.25) is 0 Å². The molecule has 0 saturated carbocycles. The van der Waals surface area contributed by atoms with Gasteiger partial charge in [-0.2, -0.15) is 0 Å². The van der Waals surface area contributed by atoms with E-state index in [4.69, 9.17) is 9.47 Å². The van der Waals surface area contributed by atoms with Crippen LogP contribution >= 0.6 is 11.8 Å². The van der Waals surface area contributed by atoms with Crippen molar-refractivity contribution in [1.29, 1.82) is 0 Å². The highest BCUT2D eigenvalue weighted by molar-refractivity contribution is 7.98. The zero-order valence-corrected chi connectivity index (χ0v) is 14.0. The summed E-state index contributed by atoms with van der Waals surface area (Å²) in [6.45, 7) is -0.483. The van der Waals surface area contributed by atoms with Crippen molar-refractivity contribution in [2.45, 2.75) is 4.90 Å². The van der Waals surface area contributed by atoms with Crippen molar-refractivity contribution in [2.75, 3.05) is 25.3 Å². The highest BCUT2D eigenvalue weighted by atomic mass is 32.2. The molecule has 126 valence electrons. The van der Waals surface area contributed by atoms with Crippen LogP contribution in [0.4, 0.5) is 10.1 Å². The molecule has 7 heteroatoms. The number of carbonyl (C=O) groups is 2. The van der Waals surface area contributed by atoms with E-state index >= 15 is 0 Å². The van der Waals surface area contributed by atoms with Gasteiger partial charge in [-0.05, 0) is 42.7 Å². The van der Waals surface area contributed by atoms with Crippen molar-refractivity contribution < 1.29 is 23.5 Å². The molecule has 0 fully saturated rings. The SMILES string of the molecule is COc1cc(SC)ccc1C(=O)OCC(=O)Nc1cccc(F)c1. The van der Waals surface area contributed by atoms with E-state index in [2.05, 4.69) is 5.32 Å². The van der Waals surface area contributed by atoms with Gasteiger partial charge in [0.25, 0.3) is 5.91 Å². The van der Waals surface area contributed by atoms with E-state index in [-0.39, 0.29) is 11.3 Å². The minimum atomic E-state index is -0.672. The van der Waals surface area contributed by atoms with E-state index < -0.39 is 24.3 Å². The predicted octanol–water partition coefficient (Wildman–Crippen LogP) is 3.35. The van der Waals surface area contributed by atoms with E-state index in [1.807, 2.05) is 6.26 Å². The van der Waals surface area contributed by atoms with Crippen molar-refractivity contribution >= 4 is 29.3 Å². The Morgan fingerprint density at radius 1 is 1.21 bits per heavy atom. The smallest absolute Gasteiger partial charge is 0.342 e. The van der Waals surface area contributed by atoms with Crippen LogP contribution in [0.2, 0.25) is 0 Å². The average Bonchev–Trinajstić information content (AvgIpc) is 2.59. The molecule has 5 nitrogen and oxygen atoms in total. The number of amides is 1. The van der Waals surface area contributed by atoms with Crippen molar-refractivity contribution in [2.24, 2.45) is 0 Å². The van der Waals surface area contributed by atoms with Crippen LogP contribution in [0, 0.1) is 5.82 Å². The number of methoxy groups -OCH3 is 1. The molecule has 1 N–H and O–H groups in total. The first-order chi connectivity index (χ1) is 11.5. The number of hydrogen-bond donors (Lipinski definition) is 1. The van der Waals surface area contributed by atoms with Crippen LogP contribution in [-0.2, 0) is 9.53 Å². The molecule has 0 heterocycles. The second-order valence-electron chi connectivity index (χ2n) is 4.70. The molecule has 0 atom stereocenters. The number of halogens is 1. The number of carbonyl (C=O) groups excluding carboxylic acids is 2. The lowest BCUT2D eigenvalue weighted by molar-refractivity contribution is -0.119. The van der Waals surface area contributed by atoms with Gasteiger partial charge >= 0.3 is 5.97 Å². The molecule has 2 rings (SSSR count). The number of esters is 1. The Morgan fingerprint density at radius 2 is 2.00 bits per heavy atom. The van der Waals surface area contributed by atoms with Crippen molar-refractivity contribution in [3.05, 3.63) is 53.8 Å². The molecular weight excluding hydrogens is 333 g/mol. The Bertz CT molecular complexity index is 751. The number of anilines is 1. The monoisotopic (exact) mass is 349 g/mol. The summed E-state index contributed by atoms with van der Waals surface area (Å²) in [5.41, 5.74) is 0.520. The van der Waals surface area contributed by atoms with Gasteiger partial charge in [-0.25, -0.2) is 9.18 Å². The largest absolute Gasteiger partial charge is 0.496 e. The molecule has 0 aliphatic rings. The van der Waals surface area contributed by atoms with Gasteiger partial charge in [-0.1, -0.05) is 6.07 Å². The molecule has 0 bridgehead atoms. The Hall–Kier alpha value is -2.54. The van der Waals surface area contributed by atoms with Gasteiger partial charge in [0, 0.05) is 10.6 Å². The summed E-state index contributed by atoms with van der Waals surface area (Å²) in [5.74, 6) is -1.33. The van der Waals surface area contributed by atoms with Gasteiger partial charge in [0.05, 0.1) is 7.11 Å². The van der Waals surface area contributed by atoms with Gasteiger partial charge in [-0.15, -0.1) is 11.8 Å². The molecule has 1 amide bonds. The molecule has 2 aromatic rings. The van der Waals surface area contributed by atoms with Crippen LogP contribution in [0.15, 0.2) is 47.4 Å². The molecule has 0 unspecified atom stereocenters. The number of hydrogen-bond acceptors (Lipinski definition) is 5. The molecule has 0 radical (unpaired) electrons. The summed E-state index contributed by atoms with van der Waals surface area (Å²) in [5, 5.41) is 2.45. The molecule has 0 aliphatic carbocycles. The van der Waals surface area contributed by atoms with Gasteiger partial charge < -0.3 is 14.8 Å². The van der Waals surface area contributed by atoms with Gasteiger partial charge in [0.1, 0.15) is 17.1 Å². The minimum absolute atomic E-state index is 0.230. The van der Waals surface area contributed by atoms with E-state index in [1.165, 1.54) is 43.1 Å². The number of ether oxygens (including phenoxy) is 2. The second-order valence-corrected chi connectivity index (χ2v) is 5.58. The fourth-order valence-electron chi connectivity index (χ4n) is 1.94. The van der Waals surface area contributed by atoms with Crippen LogP contribution < -0.4 is 10.1 Å². The molecule has 0 saturated heterocycles. The van der Waals surface area contributed by atoms with Crippen molar-refractivity contribution in [3.8, 4) is 5.75 Å². The highest BCUT2D eigenvalue weighted by Crippen LogP contribution is 2.25. The second kappa shape index (κ2) is 8.35. The molecule has 0 spiro atoms. The standard InChI is InChI=1S/C17H16FNO4S/c1-22-15-9-13(24-2)6-7-14(15)17(21)23-10-16(20)19-12-5-3-4-11(18)8-12/h3-9H,10H2,1-2H3,(H,19,20). The Kier molecular flexibility index (Phi) is 6.20.